The van der Waals surface area contributed by atoms with Gasteiger partial charge in [0.05, 0.1) is 16.5 Å². The summed E-state index contributed by atoms with van der Waals surface area (Å²) >= 11 is 0. The van der Waals surface area contributed by atoms with Crippen LogP contribution < -0.4 is 0 Å². The van der Waals surface area contributed by atoms with Crippen molar-refractivity contribution < 1.29 is 24.6 Å². The summed E-state index contributed by atoms with van der Waals surface area (Å²) in [6.07, 6.45) is 0. The monoisotopic (exact) mass is 434 g/mol. The normalized spacial score (nSPS) is 13.6. The Morgan fingerprint density at radius 1 is 0.545 bits per heavy atom. The molecule has 33 heavy (non-hydrogen) atoms. The van der Waals surface area contributed by atoms with Gasteiger partial charge in [-0.15, -0.1) is 0 Å². The van der Waals surface area contributed by atoms with Crippen LogP contribution in [0.25, 0.3) is 0 Å². The van der Waals surface area contributed by atoms with Crippen molar-refractivity contribution in [2.24, 2.45) is 0 Å². The van der Waals surface area contributed by atoms with Crippen molar-refractivity contribution in [3.63, 3.8) is 0 Å². The van der Waals surface area contributed by atoms with Gasteiger partial charge < -0.3 is 10.2 Å². The van der Waals surface area contributed by atoms with Gasteiger partial charge in [0.2, 0.25) is 0 Å². The number of ketones is 1. The van der Waals surface area contributed by atoms with E-state index in [1.807, 2.05) is 36.4 Å². The Labute approximate surface area is 189 Å². The quantitative estimate of drug-likeness (QED) is 0.415. The molecule has 0 heterocycles. The summed E-state index contributed by atoms with van der Waals surface area (Å²) in [5.74, 6) is -2.14. The highest BCUT2D eigenvalue weighted by atomic mass is 16.4. The highest BCUT2D eigenvalue weighted by Crippen LogP contribution is 2.50. The Morgan fingerprint density at radius 2 is 0.909 bits per heavy atom. The predicted molar refractivity (Wildman–Crippen MR) is 122 cm³/mol. The van der Waals surface area contributed by atoms with E-state index < -0.39 is 17.4 Å². The van der Waals surface area contributed by atoms with E-state index >= 15 is 0 Å². The first-order chi connectivity index (χ1) is 15.9. The van der Waals surface area contributed by atoms with Crippen LogP contribution in [0.2, 0.25) is 0 Å². The van der Waals surface area contributed by atoms with E-state index in [1.165, 1.54) is 0 Å². The molecule has 0 unspecified atom stereocenters. The number of aromatic carboxylic acids is 2. The predicted octanol–water partition coefficient (Wildman–Crippen LogP) is 5.01. The van der Waals surface area contributed by atoms with E-state index in [1.54, 1.807) is 60.7 Å². The molecule has 0 fully saturated rings. The zero-order valence-electron chi connectivity index (χ0n) is 17.4. The number of carbonyl (C=O) groups excluding carboxylic acids is 1. The summed E-state index contributed by atoms with van der Waals surface area (Å²) < 4.78 is 0. The van der Waals surface area contributed by atoms with E-state index in [2.05, 4.69) is 0 Å². The van der Waals surface area contributed by atoms with Crippen molar-refractivity contribution >= 4 is 17.7 Å². The SMILES string of the molecule is O=C(O)c1ccc(C2(c3ccc(C(=O)O)cc3)c3ccccc3C(=O)c3ccccc32)cc1. The summed E-state index contributed by atoms with van der Waals surface area (Å²) in [6.45, 7) is 0. The van der Waals surface area contributed by atoms with Crippen molar-refractivity contribution in [3.8, 4) is 0 Å². The third kappa shape index (κ3) is 2.97. The molecule has 4 aromatic carbocycles. The lowest BCUT2D eigenvalue weighted by molar-refractivity contribution is 0.0686. The molecule has 160 valence electrons. The maximum atomic E-state index is 13.4. The second-order valence-corrected chi connectivity index (χ2v) is 7.94. The highest BCUT2D eigenvalue weighted by Gasteiger charge is 2.46. The minimum atomic E-state index is -1.03. The van der Waals surface area contributed by atoms with Crippen LogP contribution >= 0.6 is 0 Å². The molecule has 0 radical (unpaired) electrons. The first-order valence-corrected chi connectivity index (χ1v) is 10.4. The molecule has 1 aliphatic rings. The molecule has 5 rings (SSSR count). The molecule has 0 bridgehead atoms. The van der Waals surface area contributed by atoms with Crippen LogP contribution in [-0.2, 0) is 5.41 Å². The fourth-order valence-electron chi connectivity index (χ4n) is 4.82. The number of carboxylic acids is 2. The number of hydrogen-bond acceptors (Lipinski definition) is 3. The number of benzene rings is 4. The van der Waals surface area contributed by atoms with Crippen LogP contribution in [0.15, 0.2) is 97.1 Å². The molecule has 2 N–H and O–H groups in total. The molecule has 0 atom stereocenters. The molecule has 0 amide bonds. The van der Waals surface area contributed by atoms with Crippen LogP contribution in [0.1, 0.15) is 58.9 Å². The standard InChI is InChI=1S/C28H18O5/c29-25-21-5-1-3-7-23(21)28(24-8-4-2-6-22(24)25,19-13-9-17(10-14-19)26(30)31)20-15-11-18(12-16-20)27(32)33/h1-16H,(H,30,31)(H,32,33). The summed E-state index contributed by atoms with van der Waals surface area (Å²) in [5.41, 5.74) is 3.58. The van der Waals surface area contributed by atoms with Gasteiger partial charge >= 0.3 is 11.9 Å². The van der Waals surface area contributed by atoms with Crippen molar-refractivity contribution in [3.05, 3.63) is 142 Å². The molecule has 0 saturated heterocycles. The van der Waals surface area contributed by atoms with E-state index in [9.17, 15) is 24.6 Å². The molecule has 4 aromatic rings. The average Bonchev–Trinajstić information content (AvgIpc) is 2.85. The van der Waals surface area contributed by atoms with Crippen LogP contribution in [-0.4, -0.2) is 27.9 Å². The third-order valence-electron chi connectivity index (χ3n) is 6.28. The van der Waals surface area contributed by atoms with Crippen molar-refractivity contribution in [2.75, 3.05) is 0 Å². The van der Waals surface area contributed by atoms with Crippen LogP contribution in [0, 0.1) is 0 Å². The lowest BCUT2D eigenvalue weighted by Gasteiger charge is -2.41. The number of carboxylic acid groups (broad SMARTS) is 2. The van der Waals surface area contributed by atoms with Crippen LogP contribution in [0.3, 0.4) is 0 Å². The molecular weight excluding hydrogens is 416 g/mol. The minimum absolute atomic E-state index is 0.0823. The van der Waals surface area contributed by atoms with Crippen molar-refractivity contribution in [1.82, 2.24) is 0 Å². The fraction of sp³-hybridized carbons (Fsp3) is 0.0357. The van der Waals surface area contributed by atoms with E-state index in [0.717, 1.165) is 22.3 Å². The zero-order valence-corrected chi connectivity index (χ0v) is 17.4. The van der Waals surface area contributed by atoms with E-state index in [4.69, 9.17) is 0 Å². The number of carbonyl (C=O) groups is 3. The van der Waals surface area contributed by atoms with Crippen molar-refractivity contribution in [2.45, 2.75) is 5.41 Å². The van der Waals surface area contributed by atoms with Crippen LogP contribution in [0.5, 0.6) is 0 Å². The van der Waals surface area contributed by atoms with Gasteiger partial charge in [0.15, 0.2) is 5.78 Å². The first kappa shape index (κ1) is 20.4. The Bertz CT molecular complexity index is 1310. The van der Waals surface area contributed by atoms with Gasteiger partial charge in [-0.05, 0) is 46.5 Å². The largest absolute Gasteiger partial charge is 0.478 e. The lowest BCUT2D eigenvalue weighted by Crippen LogP contribution is -2.38. The van der Waals surface area contributed by atoms with Crippen LogP contribution in [0.4, 0.5) is 0 Å². The molecule has 0 spiro atoms. The Balaban J connectivity index is 1.91. The summed E-state index contributed by atoms with van der Waals surface area (Å²) in [4.78, 5) is 36.3. The number of hydrogen-bond donors (Lipinski definition) is 2. The molecule has 1 aliphatic carbocycles. The Hall–Kier alpha value is -4.51. The Kier molecular flexibility index (Phi) is 4.68. The molecule has 0 aromatic heterocycles. The van der Waals surface area contributed by atoms with E-state index in [-0.39, 0.29) is 16.9 Å². The summed E-state index contributed by atoms with van der Waals surface area (Å²) in [6, 6.07) is 28.0. The van der Waals surface area contributed by atoms with Gasteiger partial charge in [-0.1, -0.05) is 72.8 Å². The molecule has 0 aliphatic heterocycles. The topological polar surface area (TPSA) is 91.7 Å². The van der Waals surface area contributed by atoms with Gasteiger partial charge in [-0.25, -0.2) is 9.59 Å². The molecular formula is C28H18O5. The molecule has 5 nitrogen and oxygen atoms in total. The van der Waals surface area contributed by atoms with Gasteiger partial charge in [-0.3, -0.25) is 4.79 Å². The van der Waals surface area contributed by atoms with Gasteiger partial charge in [0.25, 0.3) is 0 Å². The smallest absolute Gasteiger partial charge is 0.335 e. The minimum Gasteiger partial charge on any atom is -0.478 e. The average molecular weight is 434 g/mol. The number of fused-ring (bicyclic) bond motifs is 2. The maximum Gasteiger partial charge on any atom is 0.335 e. The van der Waals surface area contributed by atoms with E-state index in [0.29, 0.717) is 11.1 Å². The first-order valence-electron chi connectivity index (χ1n) is 10.4. The molecule has 0 saturated carbocycles. The summed E-state index contributed by atoms with van der Waals surface area (Å²) in [7, 11) is 0. The fourth-order valence-corrected chi connectivity index (χ4v) is 4.82. The molecule has 5 heteroatoms. The second kappa shape index (κ2) is 7.57. The lowest BCUT2D eigenvalue weighted by atomic mass is 9.59. The second-order valence-electron chi connectivity index (χ2n) is 7.94. The third-order valence-corrected chi connectivity index (χ3v) is 6.28. The van der Waals surface area contributed by atoms with Crippen molar-refractivity contribution in [1.29, 1.82) is 0 Å². The maximum absolute atomic E-state index is 13.4. The van der Waals surface area contributed by atoms with Gasteiger partial charge in [0, 0.05) is 11.1 Å². The van der Waals surface area contributed by atoms with Gasteiger partial charge in [-0.2, -0.15) is 0 Å². The highest BCUT2D eigenvalue weighted by molar-refractivity contribution is 6.14. The summed E-state index contributed by atoms with van der Waals surface area (Å²) in [5, 5.41) is 18.8. The Morgan fingerprint density at radius 3 is 1.27 bits per heavy atom. The zero-order chi connectivity index (χ0) is 23.2. The number of rotatable bonds is 4. The van der Waals surface area contributed by atoms with Gasteiger partial charge in [0.1, 0.15) is 0 Å².